The zero-order chi connectivity index (χ0) is 18.7. The number of hydrogen-bond acceptors (Lipinski definition) is 6. The molecule has 2 fully saturated rings. The number of aryl methyl sites for hydroxylation is 1. The van der Waals surface area contributed by atoms with Crippen LogP contribution in [-0.4, -0.2) is 61.4 Å². The van der Waals surface area contributed by atoms with Crippen molar-refractivity contribution in [3.63, 3.8) is 0 Å². The van der Waals surface area contributed by atoms with Crippen molar-refractivity contribution in [3.8, 4) is 5.75 Å². The second-order valence-electron chi connectivity index (χ2n) is 7.40. The highest BCUT2D eigenvalue weighted by molar-refractivity contribution is 5.64. The molecule has 0 radical (unpaired) electrons. The van der Waals surface area contributed by atoms with Gasteiger partial charge in [-0.25, -0.2) is 0 Å². The smallest absolute Gasteiger partial charge is 0.311 e. The Labute approximate surface area is 155 Å². The number of nitrogens with zero attached hydrogens (tertiary/aromatic N) is 3. The maximum Gasteiger partial charge on any atom is 0.311 e. The molecular formula is C19H29N3O4. The van der Waals surface area contributed by atoms with Crippen LogP contribution in [-0.2, 0) is 4.74 Å². The lowest BCUT2D eigenvalue weighted by molar-refractivity contribution is -0.386. The molecule has 1 aromatic rings. The van der Waals surface area contributed by atoms with Gasteiger partial charge in [0.1, 0.15) is 0 Å². The van der Waals surface area contributed by atoms with Gasteiger partial charge in [0, 0.05) is 50.0 Å². The zero-order valence-corrected chi connectivity index (χ0v) is 15.9. The summed E-state index contributed by atoms with van der Waals surface area (Å²) in [6, 6.07) is 4.10. The molecule has 1 aromatic carbocycles. The number of rotatable bonds is 5. The first-order valence-electron chi connectivity index (χ1n) is 9.48. The molecule has 2 heterocycles. The molecule has 0 bridgehead atoms. The molecule has 0 spiro atoms. The summed E-state index contributed by atoms with van der Waals surface area (Å²) in [5.74, 6) is 0.362. The first-order chi connectivity index (χ1) is 12.5. The van der Waals surface area contributed by atoms with Gasteiger partial charge in [-0.05, 0) is 39.2 Å². The fourth-order valence-electron chi connectivity index (χ4n) is 3.91. The van der Waals surface area contributed by atoms with Gasteiger partial charge in [0.05, 0.1) is 24.2 Å². The maximum atomic E-state index is 11.4. The molecule has 0 unspecified atom stereocenters. The van der Waals surface area contributed by atoms with Crippen molar-refractivity contribution < 1.29 is 14.4 Å². The lowest BCUT2D eigenvalue weighted by atomic mass is 10.0. The van der Waals surface area contributed by atoms with E-state index in [-0.39, 0.29) is 16.7 Å². The van der Waals surface area contributed by atoms with Crippen molar-refractivity contribution in [1.29, 1.82) is 0 Å². The first-order valence-corrected chi connectivity index (χ1v) is 9.48. The second-order valence-corrected chi connectivity index (χ2v) is 7.40. The molecule has 0 saturated carbocycles. The number of morpholine rings is 1. The average molecular weight is 363 g/mol. The molecule has 0 aliphatic carbocycles. The number of benzene rings is 1. The van der Waals surface area contributed by atoms with Crippen molar-refractivity contribution >= 4 is 11.4 Å². The lowest BCUT2D eigenvalue weighted by Crippen LogP contribution is -2.49. The highest BCUT2D eigenvalue weighted by Crippen LogP contribution is 2.36. The van der Waals surface area contributed by atoms with Gasteiger partial charge in [0.2, 0.25) is 0 Å². The van der Waals surface area contributed by atoms with Crippen LogP contribution in [0.1, 0.15) is 32.3 Å². The van der Waals surface area contributed by atoms with Crippen molar-refractivity contribution in [3.05, 3.63) is 27.8 Å². The molecule has 2 aliphatic rings. The summed E-state index contributed by atoms with van der Waals surface area (Å²) in [7, 11) is 0. The summed E-state index contributed by atoms with van der Waals surface area (Å²) in [5, 5.41) is 11.4. The van der Waals surface area contributed by atoms with Crippen LogP contribution >= 0.6 is 0 Å². The van der Waals surface area contributed by atoms with Gasteiger partial charge < -0.3 is 14.4 Å². The van der Waals surface area contributed by atoms with Crippen LogP contribution in [0.3, 0.4) is 0 Å². The van der Waals surface area contributed by atoms with Crippen LogP contribution in [0.15, 0.2) is 12.1 Å². The normalized spacial score (nSPS) is 19.8. The van der Waals surface area contributed by atoms with Gasteiger partial charge in [-0.2, -0.15) is 0 Å². The number of ether oxygens (including phenoxy) is 2. The van der Waals surface area contributed by atoms with Crippen LogP contribution in [0.5, 0.6) is 5.75 Å². The number of hydrogen-bond donors (Lipinski definition) is 0. The van der Waals surface area contributed by atoms with Crippen molar-refractivity contribution in [2.75, 3.05) is 44.3 Å². The van der Waals surface area contributed by atoms with Crippen LogP contribution in [0.2, 0.25) is 0 Å². The summed E-state index contributed by atoms with van der Waals surface area (Å²) in [6.07, 6.45) is 2.12. The molecule has 3 rings (SSSR count). The minimum atomic E-state index is -0.362. The van der Waals surface area contributed by atoms with E-state index >= 15 is 0 Å². The van der Waals surface area contributed by atoms with Crippen molar-refractivity contribution in [2.24, 2.45) is 0 Å². The Balaban J connectivity index is 1.73. The lowest BCUT2D eigenvalue weighted by Gasteiger charge is -2.41. The number of piperidine rings is 1. The van der Waals surface area contributed by atoms with Gasteiger partial charge in [0.15, 0.2) is 5.75 Å². The predicted octanol–water partition coefficient (Wildman–Crippen LogP) is 2.99. The predicted molar refractivity (Wildman–Crippen MR) is 101 cm³/mol. The van der Waals surface area contributed by atoms with Crippen LogP contribution in [0.25, 0.3) is 0 Å². The number of nitro benzene ring substituents is 1. The van der Waals surface area contributed by atoms with E-state index in [9.17, 15) is 10.1 Å². The quantitative estimate of drug-likeness (QED) is 0.592. The van der Waals surface area contributed by atoms with E-state index in [2.05, 4.69) is 9.80 Å². The maximum absolute atomic E-state index is 11.4. The van der Waals surface area contributed by atoms with Gasteiger partial charge in [-0.1, -0.05) is 0 Å². The van der Waals surface area contributed by atoms with Gasteiger partial charge in [0.25, 0.3) is 0 Å². The van der Waals surface area contributed by atoms with Crippen molar-refractivity contribution in [2.45, 2.75) is 45.8 Å². The van der Waals surface area contributed by atoms with E-state index in [1.807, 2.05) is 26.8 Å². The van der Waals surface area contributed by atoms with E-state index in [0.29, 0.717) is 11.8 Å². The summed E-state index contributed by atoms with van der Waals surface area (Å²) >= 11 is 0. The Bertz CT molecular complexity index is 636. The summed E-state index contributed by atoms with van der Waals surface area (Å²) in [5.41, 5.74) is 2.02. The topological polar surface area (TPSA) is 68.1 Å². The van der Waals surface area contributed by atoms with E-state index in [0.717, 1.165) is 63.5 Å². The molecule has 26 heavy (non-hydrogen) atoms. The Hall–Kier alpha value is -1.86. The largest absolute Gasteiger partial charge is 0.484 e. The fraction of sp³-hybridized carbons (Fsp3) is 0.684. The molecule has 0 N–H and O–H groups in total. The molecule has 0 aromatic heterocycles. The third-order valence-corrected chi connectivity index (χ3v) is 5.20. The van der Waals surface area contributed by atoms with E-state index < -0.39 is 0 Å². The minimum absolute atomic E-state index is 0.0446. The SMILES string of the molecule is Cc1cc([N+](=O)[O-])c(OC(C)C)cc1N1CCC(N2CCOCC2)CC1. The second kappa shape index (κ2) is 8.22. The average Bonchev–Trinajstić information content (AvgIpc) is 2.63. The Morgan fingerprint density at radius 3 is 2.42 bits per heavy atom. The summed E-state index contributed by atoms with van der Waals surface area (Å²) in [6.45, 7) is 11.3. The molecule has 7 nitrogen and oxygen atoms in total. The number of nitro groups is 1. The van der Waals surface area contributed by atoms with Gasteiger partial charge in [-0.3, -0.25) is 15.0 Å². The fourth-order valence-corrected chi connectivity index (χ4v) is 3.91. The van der Waals surface area contributed by atoms with Gasteiger partial charge >= 0.3 is 5.69 Å². The summed E-state index contributed by atoms with van der Waals surface area (Å²) < 4.78 is 11.2. The Kier molecular flexibility index (Phi) is 5.98. The molecule has 0 amide bonds. The summed E-state index contributed by atoms with van der Waals surface area (Å²) in [4.78, 5) is 15.9. The molecular weight excluding hydrogens is 334 g/mol. The molecule has 2 saturated heterocycles. The zero-order valence-electron chi connectivity index (χ0n) is 15.9. The third-order valence-electron chi connectivity index (χ3n) is 5.20. The Morgan fingerprint density at radius 2 is 1.85 bits per heavy atom. The highest BCUT2D eigenvalue weighted by Gasteiger charge is 2.28. The number of anilines is 1. The molecule has 7 heteroatoms. The van der Waals surface area contributed by atoms with Crippen molar-refractivity contribution in [1.82, 2.24) is 4.90 Å². The van der Waals surface area contributed by atoms with Crippen LogP contribution < -0.4 is 9.64 Å². The Morgan fingerprint density at radius 1 is 1.19 bits per heavy atom. The molecule has 0 atom stereocenters. The van der Waals surface area contributed by atoms with Gasteiger partial charge in [-0.15, -0.1) is 0 Å². The first kappa shape index (κ1) is 18.9. The monoisotopic (exact) mass is 363 g/mol. The van der Waals surface area contributed by atoms with E-state index in [1.54, 1.807) is 6.07 Å². The highest BCUT2D eigenvalue weighted by atomic mass is 16.6. The van der Waals surface area contributed by atoms with E-state index in [1.165, 1.54) is 0 Å². The minimum Gasteiger partial charge on any atom is -0.484 e. The molecule has 2 aliphatic heterocycles. The molecule has 144 valence electrons. The van der Waals surface area contributed by atoms with E-state index in [4.69, 9.17) is 9.47 Å². The third kappa shape index (κ3) is 4.27. The van der Waals surface area contributed by atoms with Crippen LogP contribution in [0.4, 0.5) is 11.4 Å². The van der Waals surface area contributed by atoms with Crippen LogP contribution in [0, 0.1) is 17.0 Å². The standard InChI is InChI=1S/C19H29N3O4/c1-14(2)26-19-13-17(15(3)12-18(19)22(23)24)21-6-4-16(5-7-21)20-8-10-25-11-9-20/h12-14,16H,4-11H2,1-3H3.